The fourth-order valence-electron chi connectivity index (χ4n) is 3.30. The number of benzene rings is 1. The number of rotatable bonds is 6. The molecule has 3 rings (SSSR count). The van der Waals surface area contributed by atoms with E-state index in [1.807, 2.05) is 20.8 Å². The molecule has 0 amide bonds. The second-order valence-electron chi connectivity index (χ2n) is 7.60. The molecule has 1 aromatic heterocycles. The van der Waals surface area contributed by atoms with E-state index in [1.165, 1.54) is 0 Å². The SMILES string of the molecule is Cc1cc(OC[C]2=NO[C](=O)[Na]2)c(F)c(C)c1Cc1ccc(O)c(C(C)C)n1. The van der Waals surface area contributed by atoms with Crippen molar-refractivity contribution in [3.8, 4) is 11.5 Å². The minimum absolute atomic E-state index is 0.0846. The number of hydrogen-bond donors (Lipinski definition) is 1. The summed E-state index contributed by atoms with van der Waals surface area (Å²) in [6.07, 6.45) is 0.458. The summed E-state index contributed by atoms with van der Waals surface area (Å²) < 4.78 is 20.8. The monoisotopic (exact) mass is 395 g/mol. The summed E-state index contributed by atoms with van der Waals surface area (Å²) in [6, 6.07) is 5.05. The molecule has 2 aromatic rings. The molecule has 0 saturated carbocycles. The summed E-state index contributed by atoms with van der Waals surface area (Å²) in [5.74, 6) is -0.0214. The number of aromatic nitrogens is 1. The van der Waals surface area contributed by atoms with Gasteiger partial charge in [-0.3, -0.25) is 0 Å². The first-order valence-electron chi connectivity index (χ1n) is 9.41. The average molecular weight is 395 g/mol. The molecule has 0 aliphatic carbocycles. The molecule has 0 saturated heterocycles. The predicted octanol–water partition coefficient (Wildman–Crippen LogP) is 3.80. The summed E-state index contributed by atoms with van der Waals surface area (Å²) in [7, 11) is 0. The summed E-state index contributed by atoms with van der Waals surface area (Å²) >= 11 is -1.72. The van der Waals surface area contributed by atoms with Crippen molar-refractivity contribution in [2.75, 3.05) is 6.61 Å². The van der Waals surface area contributed by atoms with Crippen LogP contribution in [0, 0.1) is 19.7 Å². The van der Waals surface area contributed by atoms with Crippen LogP contribution in [0.2, 0.25) is 0 Å². The third kappa shape index (κ3) is 4.54. The fourth-order valence-corrected chi connectivity index (χ4v) is 4.43. The quantitative estimate of drug-likeness (QED) is 0.594. The maximum atomic E-state index is 14.9. The van der Waals surface area contributed by atoms with Crippen LogP contribution in [0.3, 0.4) is 0 Å². The Kier molecular flexibility index (Phi) is 6.37. The van der Waals surface area contributed by atoms with Crippen molar-refractivity contribution in [1.29, 1.82) is 0 Å². The first-order valence-corrected chi connectivity index (χ1v) is 11.4. The van der Waals surface area contributed by atoms with Gasteiger partial charge >= 0.3 is 158 Å². The first kappa shape index (κ1) is 20.8. The molecule has 0 spiro atoms. The minimum atomic E-state index is -1.72. The van der Waals surface area contributed by atoms with Crippen LogP contribution in [0.25, 0.3) is 0 Å². The maximum absolute atomic E-state index is 14.9. The zero-order valence-corrected chi connectivity index (χ0v) is 18.7. The van der Waals surface area contributed by atoms with E-state index in [0.717, 1.165) is 16.8 Å². The van der Waals surface area contributed by atoms with Gasteiger partial charge in [0.25, 0.3) is 0 Å². The van der Waals surface area contributed by atoms with Crippen molar-refractivity contribution in [2.45, 2.75) is 40.0 Å². The van der Waals surface area contributed by atoms with Crippen LogP contribution in [0.4, 0.5) is 9.18 Å². The Hall–Kier alpha value is -1.96. The molecule has 1 aromatic carbocycles. The number of nitrogens with zero attached hydrogens (tertiary/aromatic N) is 2. The van der Waals surface area contributed by atoms with Gasteiger partial charge in [-0.05, 0) is 0 Å². The van der Waals surface area contributed by atoms with E-state index in [2.05, 4.69) is 15.0 Å². The number of hydrogen-bond acceptors (Lipinski definition) is 6. The zero-order chi connectivity index (χ0) is 20.4. The molecular weight excluding hydrogens is 374 g/mol. The van der Waals surface area contributed by atoms with E-state index in [-0.39, 0.29) is 27.2 Å². The predicted molar refractivity (Wildman–Crippen MR) is 104 cm³/mol. The Labute approximate surface area is 176 Å². The van der Waals surface area contributed by atoms with E-state index in [1.54, 1.807) is 25.1 Å². The van der Waals surface area contributed by atoms with Gasteiger partial charge in [0.15, 0.2) is 0 Å². The molecule has 1 N–H and O–H groups in total. The van der Waals surface area contributed by atoms with E-state index < -0.39 is 32.1 Å². The third-order valence-corrected chi connectivity index (χ3v) is 6.59. The van der Waals surface area contributed by atoms with Gasteiger partial charge in [-0.1, -0.05) is 13.8 Å². The van der Waals surface area contributed by atoms with Gasteiger partial charge in [0.05, 0.1) is 0 Å². The molecule has 1 aliphatic rings. The molecule has 0 atom stereocenters. The van der Waals surface area contributed by atoms with E-state index in [9.17, 15) is 14.3 Å². The van der Waals surface area contributed by atoms with Gasteiger partial charge in [-0.15, -0.1) is 0 Å². The second-order valence-corrected chi connectivity index (χ2v) is 10.1. The van der Waals surface area contributed by atoms with Gasteiger partial charge in [0, 0.05) is 0 Å². The average Bonchev–Trinajstić information content (AvgIpc) is 3.07. The molecule has 0 unspecified atom stereocenters. The van der Waals surface area contributed by atoms with Crippen LogP contribution in [0.5, 0.6) is 11.5 Å². The molecule has 2 heterocycles. The number of oxime groups is 1. The van der Waals surface area contributed by atoms with Crippen LogP contribution >= 0.6 is 0 Å². The summed E-state index contributed by atoms with van der Waals surface area (Å²) in [5, 5.41) is 13.6. The molecule has 143 valence electrons. The van der Waals surface area contributed by atoms with E-state index >= 15 is 0 Å². The Morgan fingerprint density at radius 3 is 2.71 bits per heavy atom. The van der Waals surface area contributed by atoms with Crippen molar-refractivity contribution >= 4 is 32.5 Å². The van der Waals surface area contributed by atoms with Gasteiger partial charge in [0.2, 0.25) is 0 Å². The standard InChI is InChI=1S/C20H21FN2O4.Na/c1-12(2)20-17(25)6-5-15(23-20)10-16-13(3)9-18(19(21)14(16)4)26-8-7-22-27-11-24;/h5-6,9,12,25H,8,10H2,1-4H3;. The first-order chi connectivity index (χ1) is 13.3. The number of carbonyl (C=O) groups is 1. The molecule has 8 heteroatoms. The van der Waals surface area contributed by atoms with Crippen molar-refractivity contribution in [3.63, 3.8) is 0 Å². The van der Waals surface area contributed by atoms with Crippen molar-refractivity contribution in [3.05, 3.63) is 52.1 Å². The van der Waals surface area contributed by atoms with Gasteiger partial charge in [0.1, 0.15) is 0 Å². The van der Waals surface area contributed by atoms with Gasteiger partial charge < -0.3 is 5.11 Å². The fraction of sp³-hybridized carbons (Fsp3) is 0.350. The van der Waals surface area contributed by atoms with Crippen molar-refractivity contribution < 1.29 is 23.9 Å². The number of halogens is 1. The van der Waals surface area contributed by atoms with Crippen molar-refractivity contribution in [2.24, 2.45) is 5.16 Å². The molecule has 5 radical (unpaired) electrons. The Balaban J connectivity index is 1.82. The van der Waals surface area contributed by atoms with Crippen LogP contribution in [0.1, 0.15) is 47.8 Å². The number of ether oxygens (including phenoxy) is 1. The summed E-state index contributed by atoms with van der Waals surface area (Å²) in [4.78, 5) is 20.3. The van der Waals surface area contributed by atoms with Crippen LogP contribution in [-0.4, -0.2) is 49.2 Å². The Morgan fingerprint density at radius 2 is 2.07 bits per heavy atom. The Bertz CT molecular complexity index is 960. The van der Waals surface area contributed by atoms with E-state index in [4.69, 9.17) is 4.74 Å². The second kappa shape index (κ2) is 8.59. The Morgan fingerprint density at radius 1 is 1.32 bits per heavy atom. The summed E-state index contributed by atoms with van der Waals surface area (Å²) in [5.41, 5.74) is 3.63. The summed E-state index contributed by atoms with van der Waals surface area (Å²) in [6.45, 7) is 7.63. The van der Waals surface area contributed by atoms with Gasteiger partial charge in [-0.25, -0.2) is 0 Å². The normalized spacial score (nSPS) is 13.6. The van der Waals surface area contributed by atoms with Crippen molar-refractivity contribution in [1.82, 2.24) is 4.98 Å². The van der Waals surface area contributed by atoms with Gasteiger partial charge in [-0.2, -0.15) is 0 Å². The third-order valence-electron chi connectivity index (χ3n) is 4.95. The molecular formula is C20H21FN2NaO4. The number of pyridine rings is 1. The number of carbonyl (C=O) groups excluding carboxylic acids is 1. The molecule has 0 fully saturated rings. The topological polar surface area (TPSA) is 81.0 Å². The molecule has 6 nitrogen and oxygen atoms in total. The van der Waals surface area contributed by atoms with Crippen LogP contribution in [-0.2, 0) is 11.3 Å². The molecule has 1 aliphatic heterocycles. The number of aryl methyl sites for hydroxylation is 1. The molecule has 28 heavy (non-hydrogen) atoms. The van der Waals surface area contributed by atoms with Crippen LogP contribution in [0.15, 0.2) is 23.4 Å². The van der Waals surface area contributed by atoms with Crippen LogP contribution < -0.4 is 4.74 Å². The molecule has 0 bridgehead atoms. The zero-order valence-electron chi connectivity index (χ0n) is 16.7. The van der Waals surface area contributed by atoms with E-state index in [0.29, 0.717) is 20.6 Å². The number of aromatic hydroxyl groups is 1.